The van der Waals surface area contributed by atoms with E-state index in [1.165, 1.54) is 200 Å². The van der Waals surface area contributed by atoms with Gasteiger partial charge in [-0.1, -0.05) is 270 Å². The number of hydrogen-bond acceptors (Lipinski definition) is 0. The van der Waals surface area contributed by atoms with E-state index in [-0.39, 0.29) is 16.5 Å². The molecule has 0 aromatic heterocycles. The van der Waals surface area contributed by atoms with Crippen LogP contribution >= 0.6 is 0 Å². The molecule has 2 nitrogen and oxygen atoms in total. The fraction of sp³-hybridized carbons (Fsp3) is 0.672. The zero-order valence-electron chi connectivity index (χ0n) is 46.7. The van der Waals surface area contributed by atoms with E-state index in [2.05, 4.69) is 113 Å². The molecule has 396 valence electrons. The Hall–Kier alpha value is -3.13. The summed E-state index contributed by atoms with van der Waals surface area (Å²) in [6.07, 6.45) is 52.1. The smallest absolute Gasteiger partial charge is 0.518 e. The standard InChI is InChI=1S/C57H90N2.2C5H9.Ni/c1-5-9-13-15-17-18-19-20-21-22-23-24-25-26-27-28-29-30-31-32-34-36-43-52-44-38-39-48-55(52)57(53-46-40-42-51(49-53)41-12-8-4)56(47-35-11-7-3)54(50-59-58)45-37-33-16-14-10-6-2;2*1-3-5-4-2;/h38-40,42,44,46,48-49H,5-30,33-37,41,43,45,47H2,1-4H3;2*1,3H,4-5H2,2H3;/q;2*-1;+2. The van der Waals surface area contributed by atoms with E-state index in [4.69, 9.17) is 13.2 Å². The van der Waals surface area contributed by atoms with Crippen molar-refractivity contribution in [2.75, 3.05) is 0 Å². The molecule has 0 bridgehead atoms. The molecule has 0 saturated heterocycles. The summed E-state index contributed by atoms with van der Waals surface area (Å²) in [4.78, 5) is 3.56. The van der Waals surface area contributed by atoms with Crippen LogP contribution in [0.4, 0.5) is 0 Å². The van der Waals surface area contributed by atoms with Crippen molar-refractivity contribution in [1.82, 2.24) is 0 Å². The molecule has 0 N–H and O–H groups in total. The first-order valence-electron chi connectivity index (χ1n) is 29.4. The normalized spacial score (nSPS) is 10.7. The predicted molar refractivity (Wildman–Crippen MR) is 309 cm³/mol. The van der Waals surface area contributed by atoms with E-state index in [1.54, 1.807) is 12.2 Å². The third kappa shape index (κ3) is 39.5. The van der Waals surface area contributed by atoms with Gasteiger partial charge in [0.05, 0.1) is 5.57 Å². The Balaban J connectivity index is 0. The maximum Gasteiger partial charge on any atom is 2.00 e. The molecule has 0 saturated carbocycles. The molecule has 3 heteroatoms. The van der Waals surface area contributed by atoms with Crippen molar-refractivity contribution in [1.29, 1.82) is 0 Å². The molecule has 2 aromatic rings. The zero-order valence-corrected chi connectivity index (χ0v) is 47.7. The minimum absolute atomic E-state index is 0. The summed E-state index contributed by atoms with van der Waals surface area (Å²) >= 11 is 0. The number of nitrogens with zero attached hydrogens (tertiary/aromatic N) is 2. The number of allylic oxidation sites excluding steroid dienone is 4. The van der Waals surface area contributed by atoms with Crippen LogP contribution in [0.5, 0.6) is 0 Å². The molecule has 0 spiro atoms. The van der Waals surface area contributed by atoms with Crippen LogP contribution in [0.3, 0.4) is 0 Å². The largest absolute Gasteiger partial charge is 2.00 e. The molecule has 0 aliphatic heterocycles. The Labute approximate surface area is 446 Å². The van der Waals surface area contributed by atoms with Gasteiger partial charge in [0.1, 0.15) is 0 Å². The molecule has 0 radical (unpaired) electrons. The molecule has 0 aliphatic rings. The number of benzene rings is 2. The zero-order chi connectivity index (χ0) is 50.5. The first kappa shape index (κ1) is 69.0. The third-order valence-electron chi connectivity index (χ3n) is 13.2. The SMILES string of the molecule is CCCCCCCCCCCCCCCCCCCC#CCCCc1ccccc1C(=C(CCCCC)C(=C=[N+]=[N-])CCCCCCCC)c1cccc(CCCC)c1.[CH-]=CCCC.[CH-]=CCCC.[Ni+2]. The van der Waals surface area contributed by atoms with E-state index in [0.29, 0.717) is 0 Å². The van der Waals surface area contributed by atoms with Crippen molar-refractivity contribution in [3.05, 3.63) is 113 Å². The van der Waals surface area contributed by atoms with Gasteiger partial charge in [0.2, 0.25) is 0 Å². The summed E-state index contributed by atoms with van der Waals surface area (Å²) in [6, 6.07) is 18.4. The second-order valence-corrected chi connectivity index (χ2v) is 19.6. The van der Waals surface area contributed by atoms with Gasteiger partial charge in [-0.15, -0.1) is 16.6 Å². The average molecular weight is 1000 g/mol. The summed E-state index contributed by atoms with van der Waals surface area (Å²) in [7, 11) is 0. The minimum Gasteiger partial charge on any atom is -0.518 e. The summed E-state index contributed by atoms with van der Waals surface area (Å²) in [5, 5.41) is 0. The summed E-state index contributed by atoms with van der Waals surface area (Å²) in [5.74, 6) is 10.2. The number of hydrogen-bond donors (Lipinski definition) is 0. The summed E-state index contributed by atoms with van der Waals surface area (Å²) in [6.45, 7) is 23.4. The molecule has 0 fully saturated rings. The van der Waals surface area contributed by atoms with Gasteiger partial charge in [-0.25, -0.2) is 0 Å². The molecule has 0 heterocycles. The van der Waals surface area contributed by atoms with Crippen LogP contribution in [-0.2, 0) is 29.3 Å². The molecule has 0 unspecified atom stereocenters. The molecular formula is C67H108N2Ni. The maximum atomic E-state index is 9.95. The fourth-order valence-corrected chi connectivity index (χ4v) is 8.95. The van der Waals surface area contributed by atoms with E-state index in [0.717, 1.165) is 89.0 Å². The van der Waals surface area contributed by atoms with Crippen LogP contribution in [0.2, 0.25) is 0 Å². The summed E-state index contributed by atoms with van der Waals surface area (Å²) < 4.78 is 0. The van der Waals surface area contributed by atoms with Crippen molar-refractivity contribution in [2.24, 2.45) is 0 Å². The second-order valence-electron chi connectivity index (χ2n) is 19.6. The Morgan fingerprint density at radius 2 is 0.943 bits per heavy atom. The van der Waals surface area contributed by atoms with E-state index >= 15 is 0 Å². The summed E-state index contributed by atoms with van der Waals surface area (Å²) in [5.41, 5.74) is 19.1. The van der Waals surface area contributed by atoms with Gasteiger partial charge >= 0.3 is 22.4 Å². The van der Waals surface area contributed by atoms with Crippen LogP contribution in [-0.4, -0.2) is 10.7 Å². The monoisotopic (exact) mass is 999 g/mol. The Morgan fingerprint density at radius 1 is 0.486 bits per heavy atom. The van der Waals surface area contributed by atoms with Crippen LogP contribution < -0.4 is 0 Å². The number of rotatable bonds is 41. The molecular weight excluding hydrogens is 891 g/mol. The molecule has 0 atom stereocenters. The maximum absolute atomic E-state index is 9.95. The Morgan fingerprint density at radius 3 is 1.43 bits per heavy atom. The third-order valence-corrected chi connectivity index (χ3v) is 13.2. The van der Waals surface area contributed by atoms with Crippen molar-refractivity contribution in [3.8, 4) is 11.8 Å². The first-order chi connectivity index (χ1) is 34.0. The van der Waals surface area contributed by atoms with Crippen molar-refractivity contribution < 1.29 is 21.3 Å². The van der Waals surface area contributed by atoms with Gasteiger partial charge in [0.15, 0.2) is 0 Å². The molecule has 0 amide bonds. The van der Waals surface area contributed by atoms with E-state index in [1.807, 2.05) is 0 Å². The second kappa shape index (κ2) is 55.2. The minimum atomic E-state index is 0. The van der Waals surface area contributed by atoms with Crippen LogP contribution in [0, 0.1) is 25.0 Å². The quantitative estimate of drug-likeness (QED) is 0.00930. The predicted octanol–water partition coefficient (Wildman–Crippen LogP) is 21.9. The van der Waals surface area contributed by atoms with Gasteiger partial charge in [0, 0.05) is 12.8 Å². The molecule has 70 heavy (non-hydrogen) atoms. The van der Waals surface area contributed by atoms with E-state index < -0.39 is 0 Å². The van der Waals surface area contributed by atoms with Gasteiger partial charge < -0.3 is 18.7 Å². The van der Waals surface area contributed by atoms with Crippen LogP contribution in [0.15, 0.2) is 71.8 Å². The van der Waals surface area contributed by atoms with Gasteiger partial charge in [-0.2, -0.15) is 0 Å². The van der Waals surface area contributed by atoms with Gasteiger partial charge in [-0.05, 0) is 91.2 Å². The molecule has 2 aromatic carbocycles. The van der Waals surface area contributed by atoms with Crippen molar-refractivity contribution in [2.45, 2.75) is 292 Å². The Kier molecular flexibility index (Phi) is 54.4. The number of aryl methyl sites for hydroxylation is 2. The van der Waals surface area contributed by atoms with Crippen LogP contribution in [0.25, 0.3) is 11.1 Å². The van der Waals surface area contributed by atoms with Gasteiger partial charge in [-0.3, -0.25) is 12.2 Å². The topological polar surface area (TPSA) is 36.4 Å². The van der Waals surface area contributed by atoms with Crippen molar-refractivity contribution >= 4 is 11.4 Å². The Bertz CT molecular complexity index is 1670. The first-order valence-corrected chi connectivity index (χ1v) is 29.4. The van der Waals surface area contributed by atoms with Crippen molar-refractivity contribution in [3.63, 3.8) is 0 Å². The number of unbranched alkanes of at least 4 members (excludes halogenated alkanes) is 28. The average Bonchev–Trinajstić information content (AvgIpc) is 3.36. The fourth-order valence-electron chi connectivity index (χ4n) is 8.95. The van der Waals surface area contributed by atoms with Gasteiger partial charge in [0.25, 0.3) is 0 Å². The molecule has 0 aliphatic carbocycles. The van der Waals surface area contributed by atoms with Crippen LogP contribution in [0.1, 0.15) is 301 Å². The van der Waals surface area contributed by atoms with E-state index in [9.17, 15) is 5.53 Å². The molecule has 2 rings (SSSR count).